The van der Waals surface area contributed by atoms with Crippen molar-refractivity contribution in [3.8, 4) is 5.75 Å². The molecule has 0 bridgehead atoms. The second kappa shape index (κ2) is 6.91. The van der Waals surface area contributed by atoms with Gasteiger partial charge in [-0.3, -0.25) is 4.99 Å². The van der Waals surface area contributed by atoms with Crippen molar-refractivity contribution in [2.75, 3.05) is 6.61 Å². The maximum Gasteiger partial charge on any atom is 0.124 e. The zero-order valence-electron chi connectivity index (χ0n) is 13.7. The molecule has 0 amide bonds. The Morgan fingerprint density at radius 2 is 1.36 bits per heavy atom. The van der Waals surface area contributed by atoms with E-state index >= 15 is 0 Å². The second-order valence-corrected chi connectivity index (χ2v) is 6.07. The molecule has 3 aromatic carbocycles. The lowest BCUT2D eigenvalue weighted by Crippen LogP contribution is -2.30. The zero-order chi connectivity index (χ0) is 17.1. The van der Waals surface area contributed by atoms with Gasteiger partial charge in [0.25, 0.3) is 0 Å². The molecule has 4 rings (SSSR count). The molecule has 0 radical (unpaired) electrons. The Morgan fingerprint density at radius 1 is 0.800 bits per heavy atom. The van der Waals surface area contributed by atoms with Crippen LogP contribution < -0.4 is 4.74 Å². The van der Waals surface area contributed by atoms with Crippen LogP contribution in [0.2, 0.25) is 0 Å². The summed E-state index contributed by atoms with van der Waals surface area (Å²) in [4.78, 5) is 4.99. The van der Waals surface area contributed by atoms with Crippen molar-refractivity contribution in [3.63, 3.8) is 0 Å². The van der Waals surface area contributed by atoms with Crippen LogP contribution in [0.3, 0.4) is 0 Å². The Kier molecular flexibility index (Phi) is 4.32. The normalized spacial score (nSPS) is 18.8. The van der Waals surface area contributed by atoms with Crippen molar-refractivity contribution in [1.29, 1.82) is 0 Å². The summed E-state index contributed by atoms with van der Waals surface area (Å²) >= 11 is 0. The summed E-state index contributed by atoms with van der Waals surface area (Å²) in [7, 11) is 0. The molecule has 1 aliphatic rings. The van der Waals surface area contributed by atoms with Gasteiger partial charge in [-0.25, -0.2) is 0 Å². The summed E-state index contributed by atoms with van der Waals surface area (Å²) in [5.41, 5.74) is 3.86. The van der Waals surface area contributed by atoms with Crippen LogP contribution in [0.4, 0.5) is 0 Å². The Labute approximate surface area is 147 Å². The number of ether oxygens (including phenoxy) is 1. The first-order valence-electron chi connectivity index (χ1n) is 8.41. The van der Waals surface area contributed by atoms with Crippen molar-refractivity contribution < 1.29 is 9.84 Å². The largest absolute Gasteiger partial charge is 0.490 e. The first-order valence-corrected chi connectivity index (χ1v) is 8.41. The van der Waals surface area contributed by atoms with Gasteiger partial charge in [0.05, 0.1) is 5.71 Å². The average molecular weight is 329 g/mol. The number of aliphatic hydroxyl groups is 1. The van der Waals surface area contributed by atoms with Gasteiger partial charge in [0.1, 0.15) is 24.5 Å². The maximum atomic E-state index is 10.5. The molecule has 1 heterocycles. The molecule has 0 aliphatic carbocycles. The number of hydrogen-bond acceptors (Lipinski definition) is 3. The highest BCUT2D eigenvalue weighted by Gasteiger charge is 2.29. The molecule has 1 aliphatic heterocycles. The molecular weight excluding hydrogens is 310 g/mol. The molecule has 2 atom stereocenters. The third-order valence-corrected chi connectivity index (χ3v) is 4.37. The number of aliphatic imine (C=N–C) groups is 1. The summed E-state index contributed by atoms with van der Waals surface area (Å²) in [6.07, 6.45) is -0.669. The van der Waals surface area contributed by atoms with Crippen LogP contribution in [-0.4, -0.2) is 23.5 Å². The quantitative estimate of drug-likeness (QED) is 0.738. The number of nitrogens with zero attached hydrogens (tertiary/aromatic N) is 1. The highest BCUT2D eigenvalue weighted by molar-refractivity contribution is 6.13. The second-order valence-electron chi connectivity index (χ2n) is 6.07. The van der Waals surface area contributed by atoms with Gasteiger partial charge in [0, 0.05) is 16.7 Å². The standard InChI is InChI=1S/C22H19NO2/c24-19-15-25-20-14-8-7-13-18(20)22(19)23-21(16-9-3-1-4-10-16)17-11-5-2-6-12-17/h1-14,19,22,24H,15H2. The van der Waals surface area contributed by atoms with Crippen LogP contribution in [0.15, 0.2) is 89.9 Å². The van der Waals surface area contributed by atoms with E-state index < -0.39 is 6.10 Å². The van der Waals surface area contributed by atoms with Crippen LogP contribution in [0.25, 0.3) is 0 Å². The van der Waals surface area contributed by atoms with Crippen LogP contribution >= 0.6 is 0 Å². The molecule has 1 N–H and O–H groups in total. The van der Waals surface area contributed by atoms with Gasteiger partial charge in [-0.1, -0.05) is 78.9 Å². The molecule has 0 aromatic heterocycles. The molecule has 0 spiro atoms. The van der Waals surface area contributed by atoms with Gasteiger partial charge in [-0.15, -0.1) is 0 Å². The summed E-state index contributed by atoms with van der Waals surface area (Å²) in [5, 5.41) is 10.5. The van der Waals surface area contributed by atoms with Crippen molar-refractivity contribution in [2.24, 2.45) is 4.99 Å². The van der Waals surface area contributed by atoms with Crippen LogP contribution in [0.1, 0.15) is 22.7 Å². The van der Waals surface area contributed by atoms with Crippen molar-refractivity contribution >= 4 is 5.71 Å². The highest BCUT2D eigenvalue weighted by atomic mass is 16.5. The fourth-order valence-corrected chi connectivity index (χ4v) is 3.13. The lowest BCUT2D eigenvalue weighted by molar-refractivity contribution is 0.0687. The predicted octanol–water partition coefficient (Wildman–Crippen LogP) is 4.02. The van der Waals surface area contributed by atoms with E-state index in [0.29, 0.717) is 0 Å². The van der Waals surface area contributed by atoms with Crippen LogP contribution in [-0.2, 0) is 0 Å². The van der Waals surface area contributed by atoms with Gasteiger partial charge in [-0.2, -0.15) is 0 Å². The fraction of sp³-hybridized carbons (Fsp3) is 0.136. The van der Waals surface area contributed by atoms with Crippen molar-refractivity contribution in [1.82, 2.24) is 0 Å². The monoisotopic (exact) mass is 329 g/mol. The van der Waals surface area contributed by atoms with E-state index in [4.69, 9.17) is 9.73 Å². The van der Waals surface area contributed by atoms with Crippen molar-refractivity contribution in [2.45, 2.75) is 12.1 Å². The Morgan fingerprint density at radius 3 is 2.00 bits per heavy atom. The maximum absolute atomic E-state index is 10.5. The van der Waals surface area contributed by atoms with Crippen molar-refractivity contribution in [3.05, 3.63) is 102 Å². The smallest absolute Gasteiger partial charge is 0.124 e. The summed E-state index contributed by atoms with van der Waals surface area (Å²) in [5.74, 6) is 0.794. The minimum absolute atomic E-state index is 0.252. The molecule has 2 unspecified atom stereocenters. The minimum Gasteiger partial charge on any atom is -0.490 e. The van der Waals surface area contributed by atoms with E-state index in [-0.39, 0.29) is 12.6 Å². The predicted molar refractivity (Wildman–Crippen MR) is 99.2 cm³/mol. The zero-order valence-corrected chi connectivity index (χ0v) is 13.7. The van der Waals surface area contributed by atoms with E-state index in [2.05, 4.69) is 0 Å². The number of para-hydroxylation sites is 1. The molecule has 0 saturated carbocycles. The molecule has 3 aromatic rings. The summed E-state index contributed by atoms with van der Waals surface area (Å²) < 4.78 is 5.64. The van der Waals surface area contributed by atoms with Gasteiger partial charge in [-0.05, 0) is 6.07 Å². The first-order chi connectivity index (χ1) is 12.3. The van der Waals surface area contributed by atoms with Crippen LogP contribution in [0.5, 0.6) is 5.75 Å². The molecule has 124 valence electrons. The van der Waals surface area contributed by atoms with Gasteiger partial charge in [0.15, 0.2) is 0 Å². The van der Waals surface area contributed by atoms with E-state index in [1.165, 1.54) is 0 Å². The first kappa shape index (κ1) is 15.6. The lowest BCUT2D eigenvalue weighted by atomic mass is 9.96. The van der Waals surface area contributed by atoms with E-state index in [1.54, 1.807) is 0 Å². The molecule has 25 heavy (non-hydrogen) atoms. The highest BCUT2D eigenvalue weighted by Crippen LogP contribution is 2.35. The Hall–Kier alpha value is -2.91. The lowest BCUT2D eigenvalue weighted by Gasteiger charge is -2.28. The Balaban J connectivity index is 1.85. The third kappa shape index (κ3) is 3.19. The number of benzene rings is 3. The van der Waals surface area contributed by atoms with Gasteiger partial charge in [0.2, 0.25) is 0 Å². The molecular formula is C22H19NO2. The molecule has 3 nitrogen and oxygen atoms in total. The number of rotatable bonds is 3. The summed E-state index contributed by atoms with van der Waals surface area (Å²) in [6.45, 7) is 0.252. The molecule has 0 saturated heterocycles. The topological polar surface area (TPSA) is 41.8 Å². The van der Waals surface area contributed by atoms with Gasteiger partial charge >= 0.3 is 0 Å². The Bertz CT molecular complexity index is 833. The average Bonchev–Trinajstić information content (AvgIpc) is 2.69. The third-order valence-electron chi connectivity index (χ3n) is 4.37. The number of fused-ring (bicyclic) bond motifs is 1. The number of hydrogen-bond donors (Lipinski definition) is 1. The summed E-state index contributed by atoms with van der Waals surface area (Å²) in [6, 6.07) is 27.6. The molecule has 0 fully saturated rings. The number of aliphatic hydroxyl groups excluding tert-OH is 1. The van der Waals surface area contributed by atoms with E-state index in [0.717, 1.165) is 28.2 Å². The van der Waals surface area contributed by atoms with Crippen LogP contribution in [0, 0.1) is 0 Å². The SMILES string of the molecule is OC1COc2ccccc2C1N=C(c1ccccc1)c1ccccc1. The van der Waals surface area contributed by atoms with Gasteiger partial charge < -0.3 is 9.84 Å². The van der Waals surface area contributed by atoms with E-state index in [9.17, 15) is 5.11 Å². The molecule has 3 heteroatoms. The van der Waals surface area contributed by atoms with E-state index in [1.807, 2.05) is 84.9 Å². The minimum atomic E-state index is -0.669. The fourth-order valence-electron chi connectivity index (χ4n) is 3.13.